The number of alkyl halides is 3. The van der Waals surface area contributed by atoms with Gasteiger partial charge in [-0.05, 0) is 67.1 Å². The zero-order chi connectivity index (χ0) is 29.0. The van der Waals surface area contributed by atoms with E-state index in [-0.39, 0.29) is 11.4 Å². The Morgan fingerprint density at radius 3 is 2.59 bits per heavy atom. The molecule has 2 amide bonds. The highest BCUT2D eigenvalue weighted by atomic mass is 19.4. The van der Waals surface area contributed by atoms with Gasteiger partial charge in [-0.2, -0.15) is 18.3 Å². The average molecular weight is 562 g/mol. The van der Waals surface area contributed by atoms with Crippen LogP contribution in [0.4, 0.5) is 35.3 Å². The number of halogens is 3. The quantitative estimate of drug-likeness (QED) is 0.223. The second-order valence-corrected chi connectivity index (χ2v) is 8.60. The van der Waals surface area contributed by atoms with E-state index in [0.717, 1.165) is 12.1 Å². The van der Waals surface area contributed by atoms with E-state index in [1.807, 2.05) is 6.07 Å². The molecule has 0 aliphatic carbocycles. The van der Waals surface area contributed by atoms with E-state index in [1.54, 1.807) is 56.7 Å². The number of nitrogens with zero attached hydrogens (tertiary/aromatic N) is 6. The van der Waals surface area contributed by atoms with Crippen molar-refractivity contribution in [3.8, 4) is 28.6 Å². The molecule has 3 N–H and O–H groups in total. The third kappa shape index (κ3) is 6.21. The summed E-state index contributed by atoms with van der Waals surface area (Å²) in [5.41, 5.74) is 1.50. The Morgan fingerprint density at radius 1 is 1.00 bits per heavy atom. The van der Waals surface area contributed by atoms with Gasteiger partial charge >= 0.3 is 12.2 Å². The second-order valence-electron chi connectivity index (χ2n) is 8.60. The molecule has 0 saturated carbocycles. The number of urea groups is 1. The van der Waals surface area contributed by atoms with Crippen molar-refractivity contribution < 1.29 is 22.7 Å². The number of aryl methyl sites for hydroxylation is 1. The SMILES string of the molecule is CNc1nccc(-c2cccnc2Oc2ccc(NC(=O)Nc3cc(C(F)(F)F)ccc3-n3cncn3)cc2C)n1. The van der Waals surface area contributed by atoms with Crippen molar-refractivity contribution in [2.24, 2.45) is 0 Å². The number of carbonyl (C=O) groups is 1. The van der Waals surface area contributed by atoms with E-state index >= 15 is 0 Å². The first-order valence-corrected chi connectivity index (χ1v) is 12.1. The molecule has 3 aromatic heterocycles. The number of pyridine rings is 1. The summed E-state index contributed by atoms with van der Waals surface area (Å²) < 4.78 is 47.3. The van der Waals surface area contributed by atoms with E-state index in [0.29, 0.717) is 40.1 Å². The maximum absolute atomic E-state index is 13.3. The summed E-state index contributed by atoms with van der Waals surface area (Å²) in [7, 11) is 1.72. The van der Waals surface area contributed by atoms with Crippen LogP contribution in [0.1, 0.15) is 11.1 Å². The Kier molecular flexibility index (Phi) is 7.45. The molecular weight excluding hydrogens is 539 g/mol. The molecular formula is C27H22F3N9O2. The molecule has 0 bridgehead atoms. The van der Waals surface area contributed by atoms with Crippen molar-refractivity contribution in [2.75, 3.05) is 23.0 Å². The van der Waals surface area contributed by atoms with Crippen LogP contribution in [0.2, 0.25) is 0 Å². The van der Waals surface area contributed by atoms with Crippen molar-refractivity contribution >= 4 is 23.4 Å². The number of hydrogen-bond acceptors (Lipinski definition) is 8. The summed E-state index contributed by atoms with van der Waals surface area (Å²) in [5.74, 6) is 1.24. The molecule has 208 valence electrons. The number of benzene rings is 2. The lowest BCUT2D eigenvalue weighted by molar-refractivity contribution is -0.137. The Balaban J connectivity index is 1.34. The molecule has 5 rings (SSSR count). The van der Waals surface area contributed by atoms with Crippen LogP contribution in [0, 0.1) is 6.92 Å². The number of hydrogen-bond donors (Lipinski definition) is 3. The molecule has 0 radical (unpaired) electrons. The van der Waals surface area contributed by atoms with Crippen LogP contribution >= 0.6 is 0 Å². The monoisotopic (exact) mass is 561 g/mol. The van der Waals surface area contributed by atoms with Crippen LogP contribution in [0.25, 0.3) is 16.9 Å². The fraction of sp³-hybridized carbons (Fsp3) is 0.111. The Labute approximate surface area is 231 Å². The topological polar surface area (TPSA) is 132 Å². The van der Waals surface area contributed by atoms with E-state index in [1.165, 1.54) is 23.4 Å². The Morgan fingerprint density at radius 2 is 1.85 bits per heavy atom. The van der Waals surface area contributed by atoms with Gasteiger partial charge < -0.3 is 20.7 Å². The van der Waals surface area contributed by atoms with E-state index in [4.69, 9.17) is 4.74 Å². The van der Waals surface area contributed by atoms with Crippen LogP contribution in [0.3, 0.4) is 0 Å². The van der Waals surface area contributed by atoms with Gasteiger partial charge in [0.2, 0.25) is 11.8 Å². The number of rotatable bonds is 7. The van der Waals surface area contributed by atoms with Gasteiger partial charge in [0.05, 0.1) is 28.2 Å². The van der Waals surface area contributed by atoms with Crippen LogP contribution in [-0.2, 0) is 6.18 Å². The fourth-order valence-electron chi connectivity index (χ4n) is 3.87. The number of ether oxygens (including phenoxy) is 1. The molecule has 0 fully saturated rings. The summed E-state index contributed by atoms with van der Waals surface area (Å²) in [5, 5.41) is 11.9. The van der Waals surface area contributed by atoms with Crippen molar-refractivity contribution in [3.05, 3.63) is 90.8 Å². The van der Waals surface area contributed by atoms with Gasteiger partial charge in [0.15, 0.2) is 0 Å². The van der Waals surface area contributed by atoms with Gasteiger partial charge in [-0.1, -0.05) is 0 Å². The van der Waals surface area contributed by atoms with E-state index < -0.39 is 17.8 Å². The van der Waals surface area contributed by atoms with Crippen LogP contribution < -0.4 is 20.7 Å². The summed E-state index contributed by atoms with van der Waals surface area (Å²) in [4.78, 5) is 29.5. The van der Waals surface area contributed by atoms with E-state index in [9.17, 15) is 18.0 Å². The predicted octanol–water partition coefficient (Wildman–Crippen LogP) is 5.92. The lowest BCUT2D eigenvalue weighted by Gasteiger charge is -2.16. The minimum Gasteiger partial charge on any atom is -0.438 e. The molecule has 5 aromatic rings. The molecule has 0 spiro atoms. The van der Waals surface area contributed by atoms with Gasteiger partial charge in [-0.3, -0.25) is 0 Å². The average Bonchev–Trinajstić information content (AvgIpc) is 3.49. The van der Waals surface area contributed by atoms with Crippen molar-refractivity contribution in [2.45, 2.75) is 13.1 Å². The standard InChI is InChI=1S/C27H22F3N9O2/c1-16-12-18(6-8-23(16)41-24-19(4-3-10-33-24)20-9-11-34-25(31-2)37-20)36-26(40)38-21-13-17(27(28,29)30)5-7-22(21)39-15-32-14-35-39/h3-15H,1-2H3,(H,31,34,37)(H2,36,38,40). The summed E-state index contributed by atoms with van der Waals surface area (Å²) in [6, 6.07) is 12.4. The predicted molar refractivity (Wildman–Crippen MR) is 145 cm³/mol. The minimum absolute atomic E-state index is 0.103. The summed E-state index contributed by atoms with van der Waals surface area (Å²) in [6.45, 7) is 1.78. The maximum atomic E-state index is 13.3. The summed E-state index contributed by atoms with van der Waals surface area (Å²) in [6.07, 6.45) is 1.16. The van der Waals surface area contributed by atoms with Gasteiger partial charge in [-0.25, -0.2) is 29.4 Å². The lowest BCUT2D eigenvalue weighted by Crippen LogP contribution is -2.21. The van der Waals surface area contributed by atoms with Crippen LogP contribution in [0.5, 0.6) is 11.6 Å². The molecule has 0 saturated heterocycles. The third-order valence-corrected chi connectivity index (χ3v) is 5.80. The number of amides is 2. The molecule has 3 heterocycles. The van der Waals surface area contributed by atoms with Crippen molar-refractivity contribution in [3.63, 3.8) is 0 Å². The normalized spacial score (nSPS) is 11.1. The van der Waals surface area contributed by atoms with Gasteiger partial charge in [0.1, 0.15) is 18.4 Å². The molecule has 11 nitrogen and oxygen atoms in total. The zero-order valence-corrected chi connectivity index (χ0v) is 21.6. The van der Waals surface area contributed by atoms with Crippen molar-refractivity contribution in [1.82, 2.24) is 29.7 Å². The fourth-order valence-corrected chi connectivity index (χ4v) is 3.87. The van der Waals surface area contributed by atoms with Gasteiger partial charge in [0, 0.05) is 25.1 Å². The minimum atomic E-state index is -4.60. The largest absolute Gasteiger partial charge is 0.438 e. The molecule has 0 unspecified atom stereocenters. The Bertz CT molecular complexity index is 1690. The molecule has 0 atom stereocenters. The highest BCUT2D eigenvalue weighted by Crippen LogP contribution is 2.34. The first-order chi connectivity index (χ1) is 19.7. The van der Waals surface area contributed by atoms with Crippen LogP contribution in [0.15, 0.2) is 79.6 Å². The Hall–Kier alpha value is -5.53. The third-order valence-electron chi connectivity index (χ3n) is 5.80. The summed E-state index contributed by atoms with van der Waals surface area (Å²) >= 11 is 0. The van der Waals surface area contributed by atoms with Gasteiger partial charge in [0.25, 0.3) is 0 Å². The number of anilines is 3. The highest BCUT2D eigenvalue weighted by molar-refractivity contribution is 6.01. The lowest BCUT2D eigenvalue weighted by atomic mass is 10.1. The molecule has 0 aliphatic heterocycles. The zero-order valence-electron chi connectivity index (χ0n) is 21.6. The van der Waals surface area contributed by atoms with Gasteiger partial charge in [-0.15, -0.1) is 0 Å². The number of nitrogens with one attached hydrogen (secondary N) is 3. The molecule has 14 heteroatoms. The smallest absolute Gasteiger partial charge is 0.416 e. The first kappa shape index (κ1) is 27.1. The van der Waals surface area contributed by atoms with Crippen LogP contribution in [-0.4, -0.2) is 42.8 Å². The maximum Gasteiger partial charge on any atom is 0.416 e. The molecule has 41 heavy (non-hydrogen) atoms. The second kappa shape index (κ2) is 11.3. The van der Waals surface area contributed by atoms with E-state index in [2.05, 4.69) is 41.0 Å². The number of carbonyl (C=O) groups excluding carboxylic acids is 1. The highest BCUT2D eigenvalue weighted by Gasteiger charge is 2.31. The molecule has 0 aliphatic rings. The number of aromatic nitrogens is 6. The van der Waals surface area contributed by atoms with Crippen molar-refractivity contribution in [1.29, 1.82) is 0 Å². The molecule has 2 aromatic carbocycles. The first-order valence-electron chi connectivity index (χ1n) is 12.1.